The van der Waals surface area contributed by atoms with Gasteiger partial charge in [-0.25, -0.2) is 17.8 Å². The number of hydrazone groups is 1. The van der Waals surface area contributed by atoms with Crippen LogP contribution in [0, 0.1) is 11.7 Å². The van der Waals surface area contributed by atoms with Gasteiger partial charge in [-0.1, -0.05) is 44.2 Å². The van der Waals surface area contributed by atoms with E-state index in [4.69, 9.17) is 0 Å². The molecule has 0 saturated heterocycles. The zero-order valence-corrected chi connectivity index (χ0v) is 16.7. The molecular weight excluding hydrogens is 381 g/mol. The van der Waals surface area contributed by atoms with Gasteiger partial charge in [0.15, 0.2) is 0 Å². The van der Waals surface area contributed by atoms with E-state index in [1.165, 1.54) is 17.1 Å². The first-order chi connectivity index (χ1) is 13.2. The predicted octanol–water partition coefficient (Wildman–Crippen LogP) is 3.53. The molecule has 1 aliphatic heterocycles. The van der Waals surface area contributed by atoms with Crippen LogP contribution in [0.4, 0.5) is 10.1 Å². The standard InChI is InChI=1S/C20H22FN3O3S/c1-13(2)20(25)24-19(14-7-6-8-15(21)11-14)12-18(22-24)16-9-4-5-10-17(16)23-28(3,26)27/h4-11,13,19,23H,12H2,1-3H3/t19-/m0/s1. The molecule has 0 aromatic heterocycles. The van der Waals surface area contributed by atoms with Gasteiger partial charge in [-0.05, 0) is 23.8 Å². The monoisotopic (exact) mass is 403 g/mol. The van der Waals surface area contributed by atoms with Crippen molar-refractivity contribution < 1.29 is 17.6 Å². The molecule has 1 aliphatic rings. The molecule has 0 aliphatic carbocycles. The average molecular weight is 403 g/mol. The van der Waals surface area contributed by atoms with Crippen molar-refractivity contribution in [2.75, 3.05) is 11.0 Å². The van der Waals surface area contributed by atoms with Crippen LogP contribution < -0.4 is 4.72 Å². The SMILES string of the molecule is CC(C)C(=O)N1N=C(c2ccccc2NS(C)(=O)=O)C[C@H]1c1cccc(F)c1. The Hall–Kier alpha value is -2.74. The van der Waals surface area contributed by atoms with Crippen molar-refractivity contribution in [2.45, 2.75) is 26.3 Å². The summed E-state index contributed by atoms with van der Waals surface area (Å²) in [6.45, 7) is 3.55. The van der Waals surface area contributed by atoms with Gasteiger partial charge >= 0.3 is 0 Å². The smallest absolute Gasteiger partial charge is 0.245 e. The van der Waals surface area contributed by atoms with E-state index in [1.54, 1.807) is 50.2 Å². The number of anilines is 1. The first-order valence-electron chi connectivity index (χ1n) is 8.89. The summed E-state index contributed by atoms with van der Waals surface area (Å²) in [5, 5.41) is 5.88. The van der Waals surface area contributed by atoms with Crippen molar-refractivity contribution in [3.8, 4) is 0 Å². The highest BCUT2D eigenvalue weighted by molar-refractivity contribution is 7.92. The predicted molar refractivity (Wildman–Crippen MR) is 107 cm³/mol. The third-order valence-electron chi connectivity index (χ3n) is 4.40. The number of hydrogen-bond donors (Lipinski definition) is 1. The quantitative estimate of drug-likeness (QED) is 0.829. The van der Waals surface area contributed by atoms with E-state index in [2.05, 4.69) is 9.82 Å². The summed E-state index contributed by atoms with van der Waals surface area (Å²) in [7, 11) is -3.48. The van der Waals surface area contributed by atoms with Gasteiger partial charge in [0, 0.05) is 17.9 Å². The molecule has 1 atom stereocenters. The van der Waals surface area contributed by atoms with Crippen LogP contribution >= 0.6 is 0 Å². The van der Waals surface area contributed by atoms with Crippen molar-refractivity contribution in [1.29, 1.82) is 0 Å². The lowest BCUT2D eigenvalue weighted by molar-refractivity contribution is -0.136. The molecule has 148 valence electrons. The molecule has 3 rings (SSSR count). The Balaban J connectivity index is 2.04. The number of nitrogens with one attached hydrogen (secondary N) is 1. The zero-order valence-electron chi connectivity index (χ0n) is 15.9. The third kappa shape index (κ3) is 4.39. The highest BCUT2D eigenvalue weighted by Crippen LogP contribution is 2.35. The van der Waals surface area contributed by atoms with Gasteiger partial charge in [0.25, 0.3) is 0 Å². The minimum absolute atomic E-state index is 0.183. The van der Waals surface area contributed by atoms with Gasteiger partial charge < -0.3 is 0 Å². The van der Waals surface area contributed by atoms with Crippen LogP contribution in [-0.2, 0) is 14.8 Å². The maximum atomic E-state index is 13.8. The number of sulfonamides is 1. The number of carbonyl (C=O) groups excluding carboxylic acids is 1. The molecule has 0 spiro atoms. The largest absolute Gasteiger partial charge is 0.283 e. The lowest BCUT2D eigenvalue weighted by Crippen LogP contribution is -2.30. The molecule has 8 heteroatoms. The fourth-order valence-electron chi connectivity index (χ4n) is 3.14. The summed E-state index contributed by atoms with van der Waals surface area (Å²) in [5.41, 5.74) is 2.19. The van der Waals surface area contributed by atoms with E-state index in [0.29, 0.717) is 28.9 Å². The van der Waals surface area contributed by atoms with E-state index in [0.717, 1.165) is 6.26 Å². The second-order valence-corrected chi connectivity index (χ2v) is 8.83. The first kappa shape index (κ1) is 20.0. The normalized spacial score (nSPS) is 17.0. The highest BCUT2D eigenvalue weighted by Gasteiger charge is 2.35. The Morgan fingerprint density at radius 1 is 1.21 bits per heavy atom. The van der Waals surface area contributed by atoms with E-state index in [1.807, 2.05) is 0 Å². The van der Waals surface area contributed by atoms with Crippen LogP contribution in [-0.4, -0.2) is 31.3 Å². The molecule has 6 nitrogen and oxygen atoms in total. The van der Waals surface area contributed by atoms with Crippen LogP contribution in [0.2, 0.25) is 0 Å². The van der Waals surface area contributed by atoms with Crippen molar-refractivity contribution in [2.24, 2.45) is 11.0 Å². The number of halogens is 1. The second kappa shape index (κ2) is 7.71. The first-order valence-corrected chi connectivity index (χ1v) is 10.8. The molecular formula is C20H22FN3O3S. The van der Waals surface area contributed by atoms with Crippen LogP contribution in [0.5, 0.6) is 0 Å². The van der Waals surface area contributed by atoms with E-state index in [-0.39, 0.29) is 17.6 Å². The second-order valence-electron chi connectivity index (χ2n) is 7.08. The van der Waals surface area contributed by atoms with Gasteiger partial charge in [-0.2, -0.15) is 5.10 Å². The lowest BCUT2D eigenvalue weighted by atomic mass is 9.97. The molecule has 2 aromatic carbocycles. The fourth-order valence-corrected chi connectivity index (χ4v) is 3.72. The Labute approximate surface area is 164 Å². The Morgan fingerprint density at radius 3 is 2.57 bits per heavy atom. The van der Waals surface area contributed by atoms with Crippen LogP contribution in [0.3, 0.4) is 0 Å². The summed E-state index contributed by atoms with van der Waals surface area (Å²) >= 11 is 0. The van der Waals surface area contributed by atoms with Gasteiger partial charge in [0.2, 0.25) is 15.9 Å². The minimum Gasteiger partial charge on any atom is -0.283 e. The Kier molecular flexibility index (Phi) is 5.51. The topological polar surface area (TPSA) is 78.8 Å². The highest BCUT2D eigenvalue weighted by atomic mass is 32.2. The number of benzene rings is 2. The van der Waals surface area contributed by atoms with Crippen LogP contribution in [0.1, 0.15) is 37.4 Å². The molecule has 1 amide bonds. The summed E-state index contributed by atoms with van der Waals surface area (Å²) in [6.07, 6.45) is 1.43. The molecule has 2 aromatic rings. The van der Waals surface area contributed by atoms with E-state index >= 15 is 0 Å². The number of carbonyl (C=O) groups is 1. The van der Waals surface area contributed by atoms with Crippen molar-refractivity contribution >= 4 is 27.3 Å². The summed E-state index contributed by atoms with van der Waals surface area (Å²) in [4.78, 5) is 12.7. The molecule has 28 heavy (non-hydrogen) atoms. The fraction of sp³-hybridized carbons (Fsp3) is 0.300. The Bertz CT molecular complexity index is 1030. The van der Waals surface area contributed by atoms with Crippen LogP contribution in [0.25, 0.3) is 0 Å². The van der Waals surface area contributed by atoms with Gasteiger partial charge in [0.05, 0.1) is 23.7 Å². The Morgan fingerprint density at radius 2 is 1.93 bits per heavy atom. The average Bonchev–Trinajstić information content (AvgIpc) is 3.05. The third-order valence-corrected chi connectivity index (χ3v) is 4.99. The number of para-hydroxylation sites is 1. The molecule has 0 unspecified atom stereocenters. The van der Waals surface area contributed by atoms with Crippen molar-refractivity contribution in [1.82, 2.24) is 5.01 Å². The molecule has 1 N–H and O–H groups in total. The summed E-state index contributed by atoms with van der Waals surface area (Å²) in [6, 6.07) is 12.5. The molecule has 0 fully saturated rings. The molecule has 0 saturated carbocycles. The minimum atomic E-state index is -3.48. The van der Waals surface area contributed by atoms with Crippen LogP contribution in [0.15, 0.2) is 53.6 Å². The number of rotatable bonds is 5. The maximum Gasteiger partial charge on any atom is 0.245 e. The molecule has 1 heterocycles. The van der Waals surface area contributed by atoms with E-state index in [9.17, 15) is 17.6 Å². The lowest BCUT2D eigenvalue weighted by Gasteiger charge is -2.23. The van der Waals surface area contributed by atoms with Gasteiger partial charge in [-0.3, -0.25) is 9.52 Å². The number of amides is 1. The maximum absolute atomic E-state index is 13.8. The molecule has 0 bridgehead atoms. The zero-order chi connectivity index (χ0) is 20.5. The molecule has 0 radical (unpaired) electrons. The van der Waals surface area contributed by atoms with Gasteiger partial charge in [-0.15, -0.1) is 0 Å². The van der Waals surface area contributed by atoms with Crippen molar-refractivity contribution in [3.63, 3.8) is 0 Å². The van der Waals surface area contributed by atoms with E-state index < -0.39 is 16.1 Å². The number of hydrogen-bond acceptors (Lipinski definition) is 4. The van der Waals surface area contributed by atoms with Crippen molar-refractivity contribution in [3.05, 3.63) is 65.5 Å². The summed E-state index contributed by atoms with van der Waals surface area (Å²) < 4.78 is 39.6. The van der Waals surface area contributed by atoms with Gasteiger partial charge in [0.1, 0.15) is 5.82 Å². The summed E-state index contributed by atoms with van der Waals surface area (Å²) in [5.74, 6) is -0.858. The number of nitrogens with zero attached hydrogens (tertiary/aromatic N) is 2.